The molecule has 0 radical (unpaired) electrons. The van der Waals surface area contributed by atoms with Gasteiger partial charge in [-0.3, -0.25) is 4.79 Å². The molecule has 0 aromatic heterocycles. The Morgan fingerprint density at radius 1 is 0.795 bits per heavy atom. The molecule has 0 bridgehead atoms. The molecule has 7 nitrogen and oxygen atoms in total. The zero-order valence-corrected chi connectivity index (χ0v) is 26.2. The molecule has 1 amide bonds. The lowest BCUT2D eigenvalue weighted by molar-refractivity contribution is -0.120. The normalized spacial score (nSPS) is 11.0. The number of methoxy groups -OCH3 is 1. The van der Waals surface area contributed by atoms with E-state index in [1.54, 1.807) is 19.4 Å². The minimum atomic E-state index is -0.202. The summed E-state index contributed by atoms with van der Waals surface area (Å²) in [5, 5.41) is 6.31. The molecule has 5 rings (SSSR count). The van der Waals surface area contributed by atoms with Gasteiger partial charge in [-0.1, -0.05) is 78.9 Å². The van der Waals surface area contributed by atoms with Gasteiger partial charge in [0.25, 0.3) is 0 Å². The third kappa shape index (κ3) is 7.96. The van der Waals surface area contributed by atoms with Crippen LogP contribution in [0.5, 0.6) is 23.0 Å². The van der Waals surface area contributed by atoms with Gasteiger partial charge >= 0.3 is 0 Å². The minimum Gasteiger partial charge on any atom is -0.493 e. The standard InChI is InChI=1S/C36H33BrN2O5/c1-3-42-33-19-26(16-17-32(33)43-23-25-10-5-4-6-11-25)24-44-36-31(37)18-27(20-34(36)41-2)22-38-39-35(40)21-29-14-9-13-28-12-7-8-15-30(28)29/h4-20,22H,3,21,23-24H2,1-2H3,(H,39,40)/b38-22+. The predicted molar refractivity (Wildman–Crippen MR) is 177 cm³/mol. The number of carbonyl (C=O) groups excluding carboxylic acids is 1. The number of amides is 1. The summed E-state index contributed by atoms with van der Waals surface area (Å²) in [4.78, 5) is 12.6. The van der Waals surface area contributed by atoms with Crippen LogP contribution in [-0.2, 0) is 24.4 Å². The summed E-state index contributed by atoms with van der Waals surface area (Å²) in [6.45, 7) is 3.18. The van der Waals surface area contributed by atoms with Crippen molar-refractivity contribution in [2.45, 2.75) is 26.6 Å². The van der Waals surface area contributed by atoms with Crippen LogP contribution in [0.3, 0.4) is 0 Å². The van der Waals surface area contributed by atoms with Gasteiger partial charge in [-0.2, -0.15) is 5.10 Å². The number of rotatable bonds is 13. The smallest absolute Gasteiger partial charge is 0.244 e. The summed E-state index contributed by atoms with van der Waals surface area (Å²) in [6, 6.07) is 33.4. The van der Waals surface area contributed by atoms with E-state index in [0.29, 0.717) is 40.7 Å². The fraction of sp³-hybridized carbons (Fsp3) is 0.167. The topological polar surface area (TPSA) is 78.4 Å². The van der Waals surface area contributed by atoms with Crippen molar-refractivity contribution < 1.29 is 23.7 Å². The third-order valence-corrected chi connectivity index (χ3v) is 7.40. The Balaban J connectivity index is 1.21. The van der Waals surface area contributed by atoms with E-state index in [0.717, 1.165) is 33.0 Å². The van der Waals surface area contributed by atoms with Crippen LogP contribution in [0, 0.1) is 0 Å². The molecule has 0 aliphatic heterocycles. The van der Waals surface area contributed by atoms with E-state index in [4.69, 9.17) is 18.9 Å². The van der Waals surface area contributed by atoms with Gasteiger partial charge in [0.1, 0.15) is 13.2 Å². The van der Waals surface area contributed by atoms with E-state index in [-0.39, 0.29) is 18.9 Å². The summed E-state index contributed by atoms with van der Waals surface area (Å²) in [5.41, 5.74) is 6.29. The quantitative estimate of drug-likeness (QED) is 0.103. The van der Waals surface area contributed by atoms with Crippen LogP contribution in [0.25, 0.3) is 10.8 Å². The lowest BCUT2D eigenvalue weighted by atomic mass is 10.0. The molecule has 0 atom stereocenters. The first-order valence-corrected chi connectivity index (χ1v) is 15.0. The fourth-order valence-electron chi connectivity index (χ4n) is 4.71. The van der Waals surface area contributed by atoms with Gasteiger partial charge in [0.05, 0.1) is 30.8 Å². The number of fused-ring (bicyclic) bond motifs is 1. The summed E-state index contributed by atoms with van der Waals surface area (Å²) in [6.07, 6.45) is 1.80. The van der Waals surface area contributed by atoms with Crippen LogP contribution in [0.15, 0.2) is 113 Å². The number of nitrogens with zero attached hydrogens (tertiary/aromatic N) is 1. The monoisotopic (exact) mass is 652 g/mol. The highest BCUT2D eigenvalue weighted by molar-refractivity contribution is 9.10. The van der Waals surface area contributed by atoms with E-state index in [2.05, 4.69) is 26.5 Å². The first kappa shape index (κ1) is 30.6. The average Bonchev–Trinajstić information content (AvgIpc) is 3.04. The van der Waals surface area contributed by atoms with Crippen molar-refractivity contribution in [3.05, 3.63) is 130 Å². The van der Waals surface area contributed by atoms with E-state index in [9.17, 15) is 4.79 Å². The molecule has 0 fully saturated rings. The maximum absolute atomic E-state index is 12.6. The highest BCUT2D eigenvalue weighted by Gasteiger charge is 2.14. The summed E-state index contributed by atoms with van der Waals surface area (Å²) >= 11 is 3.60. The second-order valence-electron chi connectivity index (χ2n) is 9.92. The van der Waals surface area contributed by atoms with Crippen molar-refractivity contribution in [2.75, 3.05) is 13.7 Å². The molecule has 0 heterocycles. The average molecular weight is 654 g/mol. The Bertz CT molecular complexity index is 1750. The molecule has 0 aliphatic carbocycles. The van der Waals surface area contributed by atoms with E-state index in [1.807, 2.05) is 104 Å². The van der Waals surface area contributed by atoms with Crippen LogP contribution in [0.1, 0.15) is 29.2 Å². The van der Waals surface area contributed by atoms with E-state index >= 15 is 0 Å². The Labute approximate surface area is 265 Å². The van der Waals surface area contributed by atoms with Gasteiger partial charge in [-0.25, -0.2) is 5.43 Å². The first-order valence-electron chi connectivity index (χ1n) is 14.3. The number of nitrogens with one attached hydrogen (secondary N) is 1. The number of halogens is 1. The van der Waals surface area contributed by atoms with Crippen molar-refractivity contribution in [1.82, 2.24) is 5.43 Å². The maximum atomic E-state index is 12.6. The number of hydrazone groups is 1. The number of hydrogen-bond donors (Lipinski definition) is 1. The van der Waals surface area contributed by atoms with E-state index in [1.165, 1.54) is 0 Å². The van der Waals surface area contributed by atoms with Crippen molar-refractivity contribution in [3.63, 3.8) is 0 Å². The SMILES string of the molecule is CCOc1cc(COc2c(Br)cc(/C=N/NC(=O)Cc3cccc4ccccc34)cc2OC)ccc1OCc1ccccc1. The molecule has 8 heteroatoms. The Hall–Kier alpha value is -4.82. The molecule has 0 spiro atoms. The highest BCUT2D eigenvalue weighted by Crippen LogP contribution is 2.37. The third-order valence-electron chi connectivity index (χ3n) is 6.81. The predicted octanol–water partition coefficient (Wildman–Crippen LogP) is 7.86. The van der Waals surface area contributed by atoms with E-state index < -0.39 is 0 Å². The van der Waals surface area contributed by atoms with Gasteiger partial charge in [-0.05, 0) is 80.1 Å². The summed E-state index contributed by atoms with van der Waals surface area (Å²) in [5.74, 6) is 2.20. The van der Waals surface area contributed by atoms with Crippen LogP contribution in [-0.4, -0.2) is 25.8 Å². The molecule has 224 valence electrons. The highest BCUT2D eigenvalue weighted by atomic mass is 79.9. The Morgan fingerprint density at radius 2 is 1.57 bits per heavy atom. The second kappa shape index (κ2) is 15.1. The zero-order chi connectivity index (χ0) is 30.7. The van der Waals surface area contributed by atoms with Gasteiger partial charge in [0, 0.05) is 0 Å². The zero-order valence-electron chi connectivity index (χ0n) is 24.6. The number of benzene rings is 5. The molecule has 0 unspecified atom stereocenters. The molecular weight excluding hydrogens is 620 g/mol. The van der Waals surface area contributed by atoms with Crippen molar-refractivity contribution in [1.29, 1.82) is 0 Å². The number of hydrogen-bond acceptors (Lipinski definition) is 6. The van der Waals surface area contributed by atoms with Crippen LogP contribution in [0.2, 0.25) is 0 Å². The van der Waals surface area contributed by atoms with Gasteiger partial charge < -0.3 is 18.9 Å². The van der Waals surface area contributed by atoms with Crippen molar-refractivity contribution >= 4 is 38.8 Å². The molecule has 0 saturated carbocycles. The molecule has 0 aliphatic rings. The fourth-order valence-corrected chi connectivity index (χ4v) is 5.29. The molecular formula is C36H33BrN2O5. The van der Waals surface area contributed by atoms with Crippen molar-refractivity contribution in [2.24, 2.45) is 5.10 Å². The minimum absolute atomic E-state index is 0.202. The van der Waals surface area contributed by atoms with Crippen LogP contribution < -0.4 is 24.4 Å². The molecule has 0 saturated heterocycles. The van der Waals surface area contributed by atoms with Crippen molar-refractivity contribution in [3.8, 4) is 23.0 Å². The largest absolute Gasteiger partial charge is 0.493 e. The van der Waals surface area contributed by atoms with Gasteiger partial charge in [0.2, 0.25) is 5.91 Å². The maximum Gasteiger partial charge on any atom is 0.244 e. The lowest BCUT2D eigenvalue weighted by Crippen LogP contribution is -2.19. The number of ether oxygens (including phenoxy) is 4. The molecule has 1 N–H and O–H groups in total. The van der Waals surface area contributed by atoms with Gasteiger partial charge in [0.15, 0.2) is 23.0 Å². The Morgan fingerprint density at radius 3 is 2.39 bits per heavy atom. The molecule has 5 aromatic carbocycles. The van der Waals surface area contributed by atoms with Crippen LogP contribution >= 0.6 is 15.9 Å². The lowest BCUT2D eigenvalue weighted by Gasteiger charge is -2.16. The second-order valence-corrected chi connectivity index (χ2v) is 10.8. The first-order chi connectivity index (χ1) is 21.5. The Kier molecular flexibility index (Phi) is 10.5. The van der Waals surface area contributed by atoms with Gasteiger partial charge in [-0.15, -0.1) is 0 Å². The summed E-state index contributed by atoms with van der Waals surface area (Å²) in [7, 11) is 1.58. The number of carbonyl (C=O) groups is 1. The summed E-state index contributed by atoms with van der Waals surface area (Å²) < 4.78 is 24.3. The molecule has 5 aromatic rings. The molecule has 44 heavy (non-hydrogen) atoms. The van der Waals surface area contributed by atoms with Crippen LogP contribution in [0.4, 0.5) is 0 Å².